The van der Waals surface area contributed by atoms with E-state index in [4.69, 9.17) is 27.9 Å². The minimum atomic E-state index is -0.516. The highest BCUT2D eigenvalue weighted by molar-refractivity contribution is 9.11. The Morgan fingerprint density at radius 1 is 1.37 bits per heavy atom. The maximum Gasteiger partial charge on any atom is 0.344 e. The smallest absolute Gasteiger partial charge is 0.344 e. The van der Waals surface area contributed by atoms with E-state index >= 15 is 0 Å². The van der Waals surface area contributed by atoms with Crippen LogP contribution in [-0.4, -0.2) is 13.0 Å². The molecular formula is C13H14BrCl2NO2. The van der Waals surface area contributed by atoms with Crippen LogP contribution in [0.3, 0.4) is 0 Å². The van der Waals surface area contributed by atoms with Gasteiger partial charge in [0.15, 0.2) is 0 Å². The molecule has 0 spiro atoms. The van der Waals surface area contributed by atoms with Crippen molar-refractivity contribution < 1.29 is 9.53 Å². The molecule has 104 valence electrons. The lowest BCUT2D eigenvalue weighted by atomic mass is 10.2. The van der Waals surface area contributed by atoms with Crippen molar-refractivity contribution in [2.75, 3.05) is 7.05 Å². The Hall–Kier alpha value is -0.710. The summed E-state index contributed by atoms with van der Waals surface area (Å²) < 4.78 is 6.00. The number of benzene rings is 1. The average molecular weight is 367 g/mol. The van der Waals surface area contributed by atoms with Gasteiger partial charge in [0.25, 0.3) is 0 Å². The highest BCUT2D eigenvalue weighted by atomic mass is 79.9. The molecule has 0 saturated heterocycles. The first kappa shape index (κ1) is 16.3. The third-order valence-corrected chi connectivity index (χ3v) is 3.65. The molecule has 0 bridgehead atoms. The molecule has 1 N–H and O–H groups in total. The van der Waals surface area contributed by atoms with Gasteiger partial charge in [0.05, 0.1) is 10.6 Å². The second kappa shape index (κ2) is 7.17. The van der Waals surface area contributed by atoms with E-state index in [1.54, 1.807) is 13.1 Å². The quantitative estimate of drug-likeness (QED) is 0.481. The maximum atomic E-state index is 12.1. The first-order valence-electron chi connectivity index (χ1n) is 5.61. The van der Waals surface area contributed by atoms with Gasteiger partial charge < -0.3 is 10.1 Å². The van der Waals surface area contributed by atoms with Crippen LogP contribution in [0.4, 0.5) is 0 Å². The van der Waals surface area contributed by atoms with Gasteiger partial charge in [-0.25, -0.2) is 4.79 Å². The molecule has 6 heteroatoms. The predicted molar refractivity (Wildman–Crippen MR) is 81.7 cm³/mol. The molecule has 0 aromatic heterocycles. The lowest BCUT2D eigenvalue weighted by molar-refractivity contribution is 0.0592. The second-order valence-corrected chi connectivity index (χ2v) is 5.73. The number of nitrogens with one attached hydrogen (secondary N) is 1. The molecule has 0 amide bonds. The summed E-state index contributed by atoms with van der Waals surface area (Å²) >= 11 is 15.1. The van der Waals surface area contributed by atoms with Crippen LogP contribution in [-0.2, 0) is 4.74 Å². The summed E-state index contributed by atoms with van der Waals surface area (Å²) in [6.07, 6.45) is 0. The first-order valence-corrected chi connectivity index (χ1v) is 7.16. The fraction of sp³-hybridized carbons (Fsp3) is 0.308. The number of ether oxygens (including phenoxy) is 1. The fourth-order valence-electron chi connectivity index (χ4n) is 1.35. The minimum absolute atomic E-state index is 0.0388. The normalized spacial score (nSPS) is 12.2. The molecule has 1 rings (SSSR count). The first-order chi connectivity index (χ1) is 8.86. The van der Waals surface area contributed by atoms with Gasteiger partial charge in [-0.15, -0.1) is 0 Å². The molecule has 19 heavy (non-hydrogen) atoms. The van der Waals surface area contributed by atoms with Gasteiger partial charge in [-0.05, 0) is 34.1 Å². The summed E-state index contributed by atoms with van der Waals surface area (Å²) in [6, 6.07) is 4.64. The Morgan fingerprint density at radius 3 is 2.47 bits per heavy atom. The zero-order chi connectivity index (χ0) is 14.6. The number of carbonyl (C=O) groups excluding carboxylic acids is 1. The van der Waals surface area contributed by atoms with Gasteiger partial charge >= 0.3 is 5.97 Å². The molecule has 0 aliphatic heterocycles. The topological polar surface area (TPSA) is 38.3 Å². The Labute approximate surface area is 131 Å². The fourth-order valence-corrected chi connectivity index (χ4v) is 2.37. The van der Waals surface area contributed by atoms with E-state index in [0.717, 1.165) is 0 Å². The highest BCUT2D eigenvalue weighted by Gasteiger charge is 2.18. The van der Waals surface area contributed by atoms with Crippen molar-refractivity contribution in [2.24, 2.45) is 5.92 Å². The summed E-state index contributed by atoms with van der Waals surface area (Å²) in [5.74, 6) is 0.0351. The van der Waals surface area contributed by atoms with Gasteiger partial charge in [0, 0.05) is 18.0 Å². The Kier molecular flexibility index (Phi) is 6.17. The molecule has 0 aliphatic rings. The molecule has 0 fully saturated rings. The Balaban J connectivity index is 3.01. The van der Waals surface area contributed by atoms with Gasteiger partial charge in [0.2, 0.25) is 0 Å². The van der Waals surface area contributed by atoms with Crippen molar-refractivity contribution >= 4 is 45.1 Å². The van der Waals surface area contributed by atoms with E-state index in [1.165, 1.54) is 12.1 Å². The molecule has 0 aliphatic carbocycles. The minimum Gasteiger partial charge on any atom is -0.424 e. The second-order valence-electron chi connectivity index (χ2n) is 4.10. The number of halogens is 3. The number of hydrogen-bond donors (Lipinski definition) is 1. The monoisotopic (exact) mass is 365 g/mol. The zero-order valence-electron chi connectivity index (χ0n) is 10.8. The van der Waals surface area contributed by atoms with E-state index in [-0.39, 0.29) is 16.5 Å². The molecule has 0 atom stereocenters. The van der Waals surface area contributed by atoms with E-state index in [1.807, 2.05) is 13.8 Å². The number of allylic oxidation sites excluding steroid dienone is 1. The lowest BCUT2D eigenvalue weighted by Crippen LogP contribution is -2.14. The largest absolute Gasteiger partial charge is 0.424 e. The van der Waals surface area contributed by atoms with E-state index in [2.05, 4.69) is 21.2 Å². The van der Waals surface area contributed by atoms with Crippen molar-refractivity contribution in [3.8, 4) is 0 Å². The molecule has 0 radical (unpaired) electrons. The van der Waals surface area contributed by atoms with Crippen LogP contribution in [0, 0.1) is 5.92 Å². The number of carbonyl (C=O) groups is 1. The molecular weight excluding hydrogens is 353 g/mol. The van der Waals surface area contributed by atoms with Crippen molar-refractivity contribution in [3.05, 3.63) is 44.2 Å². The SMILES string of the molecule is CNC(Br)=C(OC(=O)c1ccc(Cl)cc1Cl)C(C)C. The van der Waals surface area contributed by atoms with Gasteiger partial charge in [-0.2, -0.15) is 0 Å². The summed E-state index contributed by atoms with van der Waals surface area (Å²) in [5, 5.41) is 3.63. The summed E-state index contributed by atoms with van der Waals surface area (Å²) in [4.78, 5) is 12.1. The van der Waals surface area contributed by atoms with Crippen molar-refractivity contribution in [2.45, 2.75) is 13.8 Å². The summed E-state index contributed by atoms with van der Waals surface area (Å²) in [7, 11) is 1.73. The average Bonchev–Trinajstić information content (AvgIpc) is 2.34. The van der Waals surface area contributed by atoms with Crippen LogP contribution in [0.15, 0.2) is 28.6 Å². The maximum absolute atomic E-state index is 12.1. The summed E-state index contributed by atoms with van der Waals surface area (Å²) in [6.45, 7) is 3.84. The molecule has 0 heterocycles. The van der Waals surface area contributed by atoms with Crippen LogP contribution < -0.4 is 5.32 Å². The van der Waals surface area contributed by atoms with Crippen LogP contribution in [0.25, 0.3) is 0 Å². The number of esters is 1. The molecule has 0 unspecified atom stereocenters. The van der Waals surface area contributed by atoms with E-state index in [9.17, 15) is 4.79 Å². The van der Waals surface area contributed by atoms with Crippen LogP contribution in [0.2, 0.25) is 10.0 Å². The lowest BCUT2D eigenvalue weighted by Gasteiger charge is -2.15. The predicted octanol–water partition coefficient (Wildman–Crippen LogP) is 4.59. The van der Waals surface area contributed by atoms with Crippen LogP contribution in [0.1, 0.15) is 24.2 Å². The van der Waals surface area contributed by atoms with E-state index in [0.29, 0.717) is 15.4 Å². The number of hydrogen-bond acceptors (Lipinski definition) is 3. The number of rotatable bonds is 4. The van der Waals surface area contributed by atoms with Gasteiger partial charge in [0.1, 0.15) is 10.4 Å². The molecule has 1 aromatic rings. The highest BCUT2D eigenvalue weighted by Crippen LogP contribution is 2.25. The third-order valence-electron chi connectivity index (χ3n) is 2.31. The Morgan fingerprint density at radius 2 is 2.00 bits per heavy atom. The van der Waals surface area contributed by atoms with Gasteiger partial charge in [-0.1, -0.05) is 37.0 Å². The molecule has 3 nitrogen and oxygen atoms in total. The summed E-state index contributed by atoms with van der Waals surface area (Å²) in [5.41, 5.74) is 0.278. The van der Waals surface area contributed by atoms with Gasteiger partial charge in [-0.3, -0.25) is 0 Å². The third kappa shape index (κ3) is 4.41. The van der Waals surface area contributed by atoms with Crippen molar-refractivity contribution in [1.82, 2.24) is 5.32 Å². The Bertz CT molecular complexity index is 515. The van der Waals surface area contributed by atoms with Crippen LogP contribution >= 0.6 is 39.1 Å². The van der Waals surface area contributed by atoms with Crippen LogP contribution in [0.5, 0.6) is 0 Å². The molecule has 1 aromatic carbocycles. The van der Waals surface area contributed by atoms with Crippen molar-refractivity contribution in [1.29, 1.82) is 0 Å². The zero-order valence-corrected chi connectivity index (χ0v) is 13.9. The standard InChI is InChI=1S/C13H14BrCl2NO2/c1-7(2)11(12(14)17-3)19-13(18)9-5-4-8(15)6-10(9)16/h4-7,17H,1-3H3. The molecule has 0 saturated carbocycles. The van der Waals surface area contributed by atoms with Crippen molar-refractivity contribution in [3.63, 3.8) is 0 Å². The van der Waals surface area contributed by atoms with E-state index < -0.39 is 5.97 Å².